The van der Waals surface area contributed by atoms with Crippen LogP contribution < -0.4 is 16.9 Å². The van der Waals surface area contributed by atoms with Gasteiger partial charge < -0.3 is 21.2 Å². The number of anilines is 1. The second-order valence-corrected chi connectivity index (χ2v) is 9.20. The van der Waals surface area contributed by atoms with Crippen LogP contribution in [0, 0.1) is 0 Å². The molecule has 1 aliphatic heterocycles. The first-order valence-electron chi connectivity index (χ1n) is 11.5. The highest BCUT2D eigenvalue weighted by Gasteiger charge is 2.71. The Kier molecular flexibility index (Phi) is 6.87. The fourth-order valence-electron chi connectivity index (χ4n) is 4.59. The molecule has 0 bridgehead atoms. The number of hydrogen-bond donors (Lipinski definition) is 4. The van der Waals surface area contributed by atoms with Gasteiger partial charge in [0.05, 0.1) is 17.9 Å². The van der Waals surface area contributed by atoms with Gasteiger partial charge in [-0.05, 0) is 42.7 Å². The van der Waals surface area contributed by atoms with Crippen molar-refractivity contribution in [2.45, 2.75) is 37.3 Å². The molecule has 13 heteroatoms. The van der Waals surface area contributed by atoms with Crippen molar-refractivity contribution in [2.75, 3.05) is 11.9 Å². The van der Waals surface area contributed by atoms with Crippen molar-refractivity contribution in [3.05, 3.63) is 77.2 Å². The number of fused-ring (bicyclic) bond motifs is 1. The van der Waals surface area contributed by atoms with Gasteiger partial charge in [-0.1, -0.05) is 24.3 Å². The standard InChI is InChI=1S/C25H26F6N6O/c1-14(32)22-19-8-3-15(16-12-34-36(2)13-16)11-20(19)21(9-10-37(22)33)35-18-6-4-17(5-7-18)23(38,24(26,27)28)25(29,30)31/h3-8,11-13,21,35,38H,9-10,32-33H2,1-2H3/b22-14-. The van der Waals surface area contributed by atoms with Crippen molar-refractivity contribution >= 4 is 11.4 Å². The van der Waals surface area contributed by atoms with Crippen LogP contribution in [0.3, 0.4) is 0 Å². The Morgan fingerprint density at radius 1 is 1.03 bits per heavy atom. The normalized spacial score (nSPS) is 18.2. The summed E-state index contributed by atoms with van der Waals surface area (Å²) in [5.74, 6) is 6.27. The van der Waals surface area contributed by atoms with E-state index in [4.69, 9.17) is 11.6 Å². The van der Waals surface area contributed by atoms with Crippen LogP contribution in [0.15, 0.2) is 60.6 Å². The molecule has 1 aliphatic rings. The monoisotopic (exact) mass is 540 g/mol. The Morgan fingerprint density at radius 3 is 2.18 bits per heavy atom. The first-order valence-corrected chi connectivity index (χ1v) is 11.5. The van der Waals surface area contributed by atoms with Gasteiger partial charge in [0.1, 0.15) is 0 Å². The van der Waals surface area contributed by atoms with Crippen LogP contribution in [-0.4, -0.2) is 38.8 Å². The molecule has 38 heavy (non-hydrogen) atoms. The Bertz CT molecular complexity index is 1330. The average Bonchev–Trinajstić information content (AvgIpc) is 3.20. The van der Waals surface area contributed by atoms with E-state index in [0.717, 1.165) is 34.4 Å². The number of allylic oxidation sites excluding steroid dienone is 1. The van der Waals surface area contributed by atoms with Gasteiger partial charge >= 0.3 is 12.4 Å². The molecule has 7 nitrogen and oxygen atoms in total. The molecule has 2 aromatic carbocycles. The lowest BCUT2D eigenvalue weighted by atomic mass is 9.91. The first kappa shape index (κ1) is 27.3. The first-order chi connectivity index (χ1) is 17.6. The lowest BCUT2D eigenvalue weighted by Crippen LogP contribution is -2.53. The van der Waals surface area contributed by atoms with Gasteiger partial charge in [0.25, 0.3) is 5.60 Å². The predicted octanol–water partition coefficient (Wildman–Crippen LogP) is 4.78. The number of nitrogens with zero attached hydrogens (tertiary/aromatic N) is 3. The summed E-state index contributed by atoms with van der Waals surface area (Å²) < 4.78 is 81.2. The van der Waals surface area contributed by atoms with E-state index in [0.29, 0.717) is 36.5 Å². The van der Waals surface area contributed by atoms with Crippen LogP contribution in [0.5, 0.6) is 0 Å². The van der Waals surface area contributed by atoms with E-state index in [9.17, 15) is 31.4 Å². The van der Waals surface area contributed by atoms with Crippen LogP contribution in [0.2, 0.25) is 0 Å². The van der Waals surface area contributed by atoms with E-state index in [2.05, 4.69) is 10.4 Å². The molecule has 6 N–H and O–H groups in total. The van der Waals surface area contributed by atoms with Gasteiger partial charge in [0.15, 0.2) is 0 Å². The Hall–Kier alpha value is -3.71. The zero-order valence-electron chi connectivity index (χ0n) is 20.4. The Morgan fingerprint density at radius 2 is 1.66 bits per heavy atom. The number of hydrogen-bond acceptors (Lipinski definition) is 6. The molecule has 0 saturated heterocycles. The molecule has 3 aromatic rings. The Labute approximate surface area is 214 Å². The third-order valence-electron chi connectivity index (χ3n) is 6.50. The van der Waals surface area contributed by atoms with E-state index < -0.39 is 29.6 Å². The van der Waals surface area contributed by atoms with Crippen molar-refractivity contribution in [3.63, 3.8) is 0 Å². The molecule has 0 aliphatic carbocycles. The van der Waals surface area contributed by atoms with Crippen LogP contribution in [0.4, 0.5) is 32.0 Å². The largest absolute Gasteiger partial charge is 0.430 e. The Balaban J connectivity index is 1.74. The number of hydrazine groups is 1. The lowest BCUT2D eigenvalue weighted by molar-refractivity contribution is -0.376. The molecule has 0 fully saturated rings. The highest BCUT2D eigenvalue weighted by Crippen LogP contribution is 2.50. The summed E-state index contributed by atoms with van der Waals surface area (Å²) in [6.45, 7) is 2.07. The minimum atomic E-state index is -5.96. The van der Waals surface area contributed by atoms with E-state index >= 15 is 0 Å². The zero-order valence-corrected chi connectivity index (χ0v) is 20.4. The number of aryl methyl sites for hydroxylation is 1. The molecule has 1 aromatic heterocycles. The number of nitrogens with one attached hydrogen (secondary N) is 1. The summed E-state index contributed by atoms with van der Waals surface area (Å²) in [5.41, 5.74) is 4.36. The third-order valence-corrected chi connectivity index (χ3v) is 6.50. The van der Waals surface area contributed by atoms with Crippen molar-refractivity contribution < 1.29 is 31.4 Å². The van der Waals surface area contributed by atoms with Crippen LogP contribution in [-0.2, 0) is 12.6 Å². The molecule has 0 spiro atoms. The maximum atomic E-state index is 13.3. The van der Waals surface area contributed by atoms with Crippen LogP contribution in [0.1, 0.15) is 36.1 Å². The van der Waals surface area contributed by atoms with E-state index in [1.807, 2.05) is 24.4 Å². The second-order valence-electron chi connectivity index (χ2n) is 9.20. The fraction of sp³-hybridized carbons (Fsp3) is 0.320. The minimum Gasteiger partial charge on any atom is -0.401 e. The molecular formula is C25H26F6N6O. The highest BCUT2D eigenvalue weighted by atomic mass is 19.4. The molecule has 0 radical (unpaired) electrons. The van der Waals surface area contributed by atoms with Gasteiger partial charge in [0, 0.05) is 47.9 Å². The number of rotatable bonds is 4. The number of alkyl halides is 6. The zero-order chi connectivity index (χ0) is 28.0. The van der Waals surface area contributed by atoms with E-state index in [1.165, 1.54) is 5.01 Å². The number of halogens is 6. The summed E-state index contributed by atoms with van der Waals surface area (Å²) in [4.78, 5) is 0. The highest BCUT2D eigenvalue weighted by molar-refractivity contribution is 5.75. The fourth-order valence-corrected chi connectivity index (χ4v) is 4.59. The SMILES string of the molecule is C/C(N)=C1\c2ccc(-c3cnn(C)c3)cc2C(Nc2ccc(C(O)(C(F)(F)F)C(F)(F)F)cc2)CCN1N. The number of nitrogens with two attached hydrogens (primary N) is 2. The maximum Gasteiger partial charge on any atom is 0.430 e. The maximum absolute atomic E-state index is 13.3. The summed E-state index contributed by atoms with van der Waals surface area (Å²) in [6, 6.07) is 8.59. The van der Waals surface area contributed by atoms with Crippen molar-refractivity contribution in [3.8, 4) is 11.1 Å². The van der Waals surface area contributed by atoms with Crippen molar-refractivity contribution in [1.29, 1.82) is 0 Å². The minimum absolute atomic E-state index is 0.253. The molecule has 204 valence electrons. The second kappa shape index (κ2) is 9.55. The third kappa shape index (κ3) is 4.78. The summed E-state index contributed by atoms with van der Waals surface area (Å²) in [6.07, 6.45) is -7.95. The molecule has 0 amide bonds. The quantitative estimate of drug-likeness (QED) is 0.281. The average molecular weight is 541 g/mol. The number of aliphatic hydroxyl groups is 1. The molecule has 4 rings (SSSR count). The van der Waals surface area contributed by atoms with E-state index in [-0.39, 0.29) is 5.69 Å². The van der Waals surface area contributed by atoms with Crippen molar-refractivity contribution in [1.82, 2.24) is 14.8 Å². The van der Waals surface area contributed by atoms with Gasteiger partial charge in [0.2, 0.25) is 0 Å². The van der Waals surface area contributed by atoms with E-state index in [1.54, 1.807) is 24.9 Å². The molecular weight excluding hydrogens is 514 g/mol. The summed E-state index contributed by atoms with van der Waals surface area (Å²) in [7, 11) is 1.78. The van der Waals surface area contributed by atoms with Gasteiger partial charge in [-0.3, -0.25) is 4.68 Å². The summed E-state index contributed by atoms with van der Waals surface area (Å²) in [5, 5.41) is 18.6. The number of aromatic nitrogens is 2. The van der Waals surface area contributed by atoms with Crippen LogP contribution >= 0.6 is 0 Å². The molecule has 1 atom stereocenters. The van der Waals surface area contributed by atoms with Gasteiger partial charge in [-0.25, -0.2) is 5.84 Å². The molecule has 1 unspecified atom stereocenters. The smallest absolute Gasteiger partial charge is 0.401 e. The topological polar surface area (TPSA) is 105 Å². The summed E-state index contributed by atoms with van der Waals surface area (Å²) >= 11 is 0. The van der Waals surface area contributed by atoms with Crippen molar-refractivity contribution in [2.24, 2.45) is 18.6 Å². The predicted molar refractivity (Wildman–Crippen MR) is 130 cm³/mol. The number of benzene rings is 2. The molecule has 0 saturated carbocycles. The lowest BCUT2D eigenvalue weighted by Gasteiger charge is -2.32. The van der Waals surface area contributed by atoms with Gasteiger partial charge in [-0.15, -0.1) is 0 Å². The molecule has 2 heterocycles. The van der Waals surface area contributed by atoms with Crippen LogP contribution in [0.25, 0.3) is 16.8 Å². The van der Waals surface area contributed by atoms with Gasteiger partial charge in [-0.2, -0.15) is 31.4 Å².